The minimum Gasteiger partial charge on any atom is -0.387 e. The van der Waals surface area contributed by atoms with Crippen LogP contribution in [0, 0.1) is 0 Å². The summed E-state index contributed by atoms with van der Waals surface area (Å²) in [6.07, 6.45) is 11.8. The Hall–Kier alpha value is -1.18. The molecule has 2 bridgehead atoms. The van der Waals surface area contributed by atoms with E-state index in [1.54, 1.807) is 0 Å². The van der Waals surface area contributed by atoms with Crippen LogP contribution in [0.15, 0.2) is 35.8 Å². The molecule has 94 valence electrons. The van der Waals surface area contributed by atoms with E-state index >= 15 is 0 Å². The molecule has 2 aliphatic heterocycles. The first-order valence-electron chi connectivity index (χ1n) is 6.90. The fourth-order valence-corrected chi connectivity index (χ4v) is 2.69. The SMILES string of the molecule is C=CCN1C2=CCC(NCCCC)=C1CCC2. The van der Waals surface area contributed by atoms with Gasteiger partial charge in [0.05, 0.1) is 0 Å². The zero-order chi connectivity index (χ0) is 12.1. The summed E-state index contributed by atoms with van der Waals surface area (Å²) in [4.78, 5) is 2.45. The lowest BCUT2D eigenvalue weighted by atomic mass is 9.96. The molecule has 1 saturated heterocycles. The van der Waals surface area contributed by atoms with Crippen LogP contribution >= 0.6 is 0 Å². The lowest BCUT2D eigenvalue weighted by Gasteiger charge is -2.38. The summed E-state index contributed by atoms with van der Waals surface area (Å²) in [6.45, 7) is 8.18. The Morgan fingerprint density at radius 3 is 3.12 bits per heavy atom. The summed E-state index contributed by atoms with van der Waals surface area (Å²) in [5, 5.41) is 3.63. The first-order chi connectivity index (χ1) is 8.36. The van der Waals surface area contributed by atoms with Gasteiger partial charge in [0.25, 0.3) is 0 Å². The summed E-state index contributed by atoms with van der Waals surface area (Å²) >= 11 is 0. The van der Waals surface area contributed by atoms with E-state index in [0.717, 1.165) is 19.5 Å². The quantitative estimate of drug-likeness (QED) is 0.556. The van der Waals surface area contributed by atoms with Gasteiger partial charge in [-0.3, -0.25) is 0 Å². The Morgan fingerprint density at radius 2 is 2.35 bits per heavy atom. The molecule has 0 spiro atoms. The molecule has 0 aromatic rings. The fourth-order valence-electron chi connectivity index (χ4n) is 2.69. The average Bonchev–Trinajstić information content (AvgIpc) is 2.33. The number of piperidine rings is 1. The molecular formula is C15H24N2. The highest BCUT2D eigenvalue weighted by Crippen LogP contribution is 2.35. The van der Waals surface area contributed by atoms with Crippen LogP contribution in [-0.2, 0) is 0 Å². The molecular weight excluding hydrogens is 208 g/mol. The van der Waals surface area contributed by atoms with Gasteiger partial charge in [-0.25, -0.2) is 0 Å². The first-order valence-corrected chi connectivity index (χ1v) is 6.90. The molecule has 1 fully saturated rings. The molecule has 2 heterocycles. The van der Waals surface area contributed by atoms with Gasteiger partial charge in [-0.15, -0.1) is 6.58 Å². The predicted octanol–water partition coefficient (Wildman–Crippen LogP) is 3.55. The van der Waals surface area contributed by atoms with Crippen LogP contribution in [0.5, 0.6) is 0 Å². The molecule has 0 aliphatic carbocycles. The van der Waals surface area contributed by atoms with Crippen LogP contribution < -0.4 is 5.32 Å². The molecule has 0 saturated carbocycles. The van der Waals surface area contributed by atoms with Gasteiger partial charge in [-0.1, -0.05) is 25.5 Å². The minimum atomic E-state index is 0.958. The third-order valence-corrected chi connectivity index (χ3v) is 3.59. The van der Waals surface area contributed by atoms with E-state index in [0.29, 0.717) is 0 Å². The summed E-state index contributed by atoms with van der Waals surface area (Å²) in [5.41, 5.74) is 4.47. The van der Waals surface area contributed by atoms with Crippen LogP contribution in [0.1, 0.15) is 45.4 Å². The molecule has 0 aromatic heterocycles. The fraction of sp³-hybridized carbons (Fsp3) is 0.600. The molecule has 2 rings (SSSR count). The van der Waals surface area contributed by atoms with Crippen molar-refractivity contribution in [3.05, 3.63) is 35.8 Å². The van der Waals surface area contributed by atoms with Crippen molar-refractivity contribution < 1.29 is 0 Å². The number of allylic oxidation sites excluding steroid dienone is 3. The van der Waals surface area contributed by atoms with Crippen molar-refractivity contribution in [1.29, 1.82) is 0 Å². The second-order valence-electron chi connectivity index (χ2n) is 4.86. The molecule has 1 N–H and O–H groups in total. The second kappa shape index (κ2) is 5.95. The van der Waals surface area contributed by atoms with Gasteiger partial charge in [-0.05, 0) is 25.7 Å². The zero-order valence-electron chi connectivity index (χ0n) is 11.0. The second-order valence-corrected chi connectivity index (χ2v) is 4.86. The molecule has 0 unspecified atom stereocenters. The Kier molecular flexibility index (Phi) is 4.29. The van der Waals surface area contributed by atoms with Crippen molar-refractivity contribution in [2.45, 2.75) is 45.4 Å². The van der Waals surface area contributed by atoms with Gasteiger partial charge in [-0.2, -0.15) is 0 Å². The normalized spacial score (nSPS) is 19.1. The van der Waals surface area contributed by atoms with Crippen molar-refractivity contribution >= 4 is 0 Å². The largest absolute Gasteiger partial charge is 0.387 e. The van der Waals surface area contributed by atoms with Crippen LogP contribution in [0.3, 0.4) is 0 Å². The monoisotopic (exact) mass is 232 g/mol. The van der Waals surface area contributed by atoms with Gasteiger partial charge >= 0.3 is 0 Å². The van der Waals surface area contributed by atoms with Gasteiger partial charge in [0, 0.05) is 36.6 Å². The summed E-state index contributed by atoms with van der Waals surface area (Å²) < 4.78 is 0. The van der Waals surface area contributed by atoms with Gasteiger partial charge in [0.15, 0.2) is 0 Å². The number of fused-ring (bicyclic) bond motifs is 2. The van der Waals surface area contributed by atoms with Crippen molar-refractivity contribution in [3.63, 3.8) is 0 Å². The number of hydrogen-bond acceptors (Lipinski definition) is 2. The van der Waals surface area contributed by atoms with Crippen molar-refractivity contribution in [2.75, 3.05) is 13.1 Å². The Bertz CT molecular complexity index is 339. The smallest absolute Gasteiger partial charge is 0.0403 e. The van der Waals surface area contributed by atoms with Crippen LogP contribution in [0.4, 0.5) is 0 Å². The van der Waals surface area contributed by atoms with Gasteiger partial charge in [0.2, 0.25) is 0 Å². The first kappa shape index (κ1) is 12.3. The highest BCUT2D eigenvalue weighted by Gasteiger charge is 2.24. The number of nitrogens with zero attached hydrogens (tertiary/aromatic N) is 1. The van der Waals surface area contributed by atoms with E-state index in [1.165, 1.54) is 49.2 Å². The predicted molar refractivity (Wildman–Crippen MR) is 73.4 cm³/mol. The highest BCUT2D eigenvalue weighted by atomic mass is 15.2. The Labute approximate surface area is 105 Å². The van der Waals surface area contributed by atoms with E-state index in [2.05, 4.69) is 29.8 Å². The minimum absolute atomic E-state index is 0.958. The molecule has 17 heavy (non-hydrogen) atoms. The number of nitrogens with one attached hydrogen (secondary N) is 1. The Balaban J connectivity index is 2.08. The average molecular weight is 232 g/mol. The third-order valence-electron chi connectivity index (χ3n) is 3.59. The molecule has 0 atom stereocenters. The maximum absolute atomic E-state index is 3.87. The molecule has 2 nitrogen and oxygen atoms in total. The van der Waals surface area contributed by atoms with Gasteiger partial charge < -0.3 is 10.2 Å². The zero-order valence-corrected chi connectivity index (χ0v) is 11.0. The van der Waals surface area contributed by atoms with E-state index in [1.807, 2.05) is 6.08 Å². The topological polar surface area (TPSA) is 15.3 Å². The van der Waals surface area contributed by atoms with E-state index < -0.39 is 0 Å². The molecule has 2 aliphatic rings. The lowest BCUT2D eigenvalue weighted by molar-refractivity contribution is 0.367. The molecule has 0 aromatic carbocycles. The highest BCUT2D eigenvalue weighted by molar-refractivity contribution is 5.29. The summed E-state index contributed by atoms with van der Waals surface area (Å²) in [6, 6.07) is 0. The Morgan fingerprint density at radius 1 is 1.47 bits per heavy atom. The number of unbranched alkanes of at least 4 members (excludes halogenated alkanes) is 1. The van der Waals surface area contributed by atoms with Crippen molar-refractivity contribution in [1.82, 2.24) is 10.2 Å². The number of hydrogen-bond donors (Lipinski definition) is 1. The van der Waals surface area contributed by atoms with Crippen LogP contribution in [0.25, 0.3) is 0 Å². The maximum atomic E-state index is 3.87. The molecule has 0 radical (unpaired) electrons. The van der Waals surface area contributed by atoms with E-state index in [9.17, 15) is 0 Å². The van der Waals surface area contributed by atoms with Crippen LogP contribution in [0.2, 0.25) is 0 Å². The number of rotatable bonds is 6. The molecule has 2 heteroatoms. The summed E-state index contributed by atoms with van der Waals surface area (Å²) in [5.74, 6) is 0. The van der Waals surface area contributed by atoms with Crippen molar-refractivity contribution in [2.24, 2.45) is 0 Å². The molecule has 0 amide bonds. The third kappa shape index (κ3) is 2.74. The van der Waals surface area contributed by atoms with E-state index in [-0.39, 0.29) is 0 Å². The summed E-state index contributed by atoms with van der Waals surface area (Å²) in [7, 11) is 0. The lowest BCUT2D eigenvalue weighted by Crippen LogP contribution is -2.33. The van der Waals surface area contributed by atoms with E-state index in [4.69, 9.17) is 0 Å². The standard InChI is InChI=1S/C15H24N2/c1-3-5-11-16-14-10-9-13-7-6-8-15(14)17(13)12-4-2/h4,9,16H,2-3,5-8,10-12H2,1H3. The maximum Gasteiger partial charge on any atom is 0.0403 e. The van der Waals surface area contributed by atoms with Crippen molar-refractivity contribution in [3.8, 4) is 0 Å². The van der Waals surface area contributed by atoms with Gasteiger partial charge in [0.1, 0.15) is 0 Å². The van der Waals surface area contributed by atoms with Crippen LogP contribution in [-0.4, -0.2) is 18.0 Å².